The van der Waals surface area contributed by atoms with E-state index in [1.54, 1.807) is 16.7 Å². The van der Waals surface area contributed by atoms with Gasteiger partial charge >= 0.3 is 0 Å². The maximum absolute atomic E-state index is 12.8. The van der Waals surface area contributed by atoms with E-state index in [0.29, 0.717) is 13.1 Å². The first-order chi connectivity index (χ1) is 12.5. The lowest BCUT2D eigenvalue weighted by molar-refractivity contribution is -0.384. The monoisotopic (exact) mass is 410 g/mol. The number of rotatable bonds is 3. The molecule has 0 N–H and O–H groups in total. The zero-order valence-corrected chi connectivity index (χ0v) is 16.1. The van der Waals surface area contributed by atoms with Crippen molar-refractivity contribution in [2.24, 2.45) is 0 Å². The molecule has 0 aromatic heterocycles. The van der Waals surface area contributed by atoms with Gasteiger partial charge in [-0.05, 0) is 24.1 Å². The molecule has 5 nitrogen and oxygen atoms in total. The standard InChI is InChI=1S/C18H16Cl2N2O3S/c19-15-4-2-1-3-13(15)17-7-8-21(9-10-26-17)18(23)14-11-12(22(24)25)5-6-16(14)20/h1-6,11,17H,7-10H2. The highest BCUT2D eigenvalue weighted by Crippen LogP contribution is 2.38. The van der Waals surface area contributed by atoms with Crippen LogP contribution >= 0.6 is 35.0 Å². The van der Waals surface area contributed by atoms with Crippen molar-refractivity contribution in [3.8, 4) is 0 Å². The lowest BCUT2D eigenvalue weighted by Crippen LogP contribution is -2.33. The topological polar surface area (TPSA) is 63.4 Å². The van der Waals surface area contributed by atoms with Crippen molar-refractivity contribution in [1.82, 2.24) is 4.90 Å². The van der Waals surface area contributed by atoms with Crippen molar-refractivity contribution in [3.05, 3.63) is 73.8 Å². The Balaban J connectivity index is 1.77. The number of nitrogens with zero attached hydrogens (tertiary/aromatic N) is 2. The molecule has 26 heavy (non-hydrogen) atoms. The lowest BCUT2D eigenvalue weighted by Gasteiger charge is -2.21. The quantitative estimate of drug-likeness (QED) is 0.513. The third-order valence-electron chi connectivity index (χ3n) is 4.27. The Bertz CT molecular complexity index is 847. The average Bonchev–Trinajstić information content (AvgIpc) is 2.88. The Kier molecular flexibility index (Phi) is 6.06. The molecular formula is C18H16Cl2N2O3S. The van der Waals surface area contributed by atoms with Crippen LogP contribution in [-0.2, 0) is 0 Å². The molecule has 1 aliphatic heterocycles. The molecule has 8 heteroatoms. The minimum atomic E-state index is -0.529. The molecule has 0 bridgehead atoms. The van der Waals surface area contributed by atoms with E-state index in [0.717, 1.165) is 22.8 Å². The molecule has 3 rings (SSSR count). The highest BCUT2D eigenvalue weighted by Gasteiger charge is 2.26. The molecule has 1 aliphatic rings. The maximum Gasteiger partial charge on any atom is 0.270 e. The minimum Gasteiger partial charge on any atom is -0.338 e. The Morgan fingerprint density at radius 2 is 1.92 bits per heavy atom. The van der Waals surface area contributed by atoms with E-state index in [-0.39, 0.29) is 27.4 Å². The van der Waals surface area contributed by atoms with E-state index in [4.69, 9.17) is 23.2 Å². The SMILES string of the molecule is O=C(c1cc([N+](=O)[O-])ccc1Cl)N1CCSC(c2ccccc2Cl)CC1. The number of halogens is 2. The zero-order valence-electron chi connectivity index (χ0n) is 13.7. The summed E-state index contributed by atoms with van der Waals surface area (Å²) in [6.07, 6.45) is 0.757. The van der Waals surface area contributed by atoms with E-state index in [2.05, 4.69) is 0 Å². The average molecular weight is 411 g/mol. The van der Waals surface area contributed by atoms with Crippen LogP contribution in [0.15, 0.2) is 42.5 Å². The van der Waals surface area contributed by atoms with E-state index in [1.807, 2.05) is 24.3 Å². The number of hydrogen-bond donors (Lipinski definition) is 0. The summed E-state index contributed by atoms with van der Waals surface area (Å²) in [4.78, 5) is 25.0. The molecular weight excluding hydrogens is 395 g/mol. The molecule has 1 saturated heterocycles. The molecule has 1 fully saturated rings. The van der Waals surface area contributed by atoms with Crippen LogP contribution < -0.4 is 0 Å². The van der Waals surface area contributed by atoms with Gasteiger partial charge in [0.2, 0.25) is 0 Å². The molecule has 136 valence electrons. The molecule has 1 unspecified atom stereocenters. The van der Waals surface area contributed by atoms with Crippen LogP contribution in [0, 0.1) is 10.1 Å². The first-order valence-corrected chi connectivity index (χ1v) is 9.87. The number of nitro groups is 1. The molecule has 1 atom stereocenters. The summed E-state index contributed by atoms with van der Waals surface area (Å²) in [6, 6.07) is 11.7. The number of thioether (sulfide) groups is 1. The second-order valence-electron chi connectivity index (χ2n) is 5.88. The fourth-order valence-corrected chi connectivity index (χ4v) is 4.72. The fourth-order valence-electron chi connectivity index (χ4n) is 2.92. The van der Waals surface area contributed by atoms with Crippen LogP contribution in [0.3, 0.4) is 0 Å². The molecule has 0 spiro atoms. The fraction of sp³-hybridized carbons (Fsp3) is 0.278. The second kappa shape index (κ2) is 8.29. The van der Waals surface area contributed by atoms with Crippen molar-refractivity contribution in [3.63, 3.8) is 0 Å². The van der Waals surface area contributed by atoms with Gasteiger partial charge in [-0.15, -0.1) is 0 Å². The van der Waals surface area contributed by atoms with Crippen LogP contribution in [0.5, 0.6) is 0 Å². The second-order valence-corrected chi connectivity index (χ2v) is 8.01. The van der Waals surface area contributed by atoms with Gasteiger partial charge in [0.1, 0.15) is 0 Å². The number of non-ortho nitro benzene ring substituents is 1. The summed E-state index contributed by atoms with van der Waals surface area (Å²) < 4.78 is 0. The molecule has 1 amide bonds. The predicted molar refractivity (Wildman–Crippen MR) is 105 cm³/mol. The smallest absolute Gasteiger partial charge is 0.270 e. The van der Waals surface area contributed by atoms with Gasteiger partial charge in [-0.25, -0.2) is 0 Å². The third-order valence-corrected chi connectivity index (χ3v) is 6.26. The van der Waals surface area contributed by atoms with E-state index in [9.17, 15) is 14.9 Å². The van der Waals surface area contributed by atoms with Crippen molar-refractivity contribution < 1.29 is 9.72 Å². The molecule has 2 aromatic rings. The van der Waals surface area contributed by atoms with Gasteiger partial charge in [-0.2, -0.15) is 11.8 Å². The first kappa shape index (κ1) is 19.0. The first-order valence-electron chi connectivity index (χ1n) is 8.06. The van der Waals surface area contributed by atoms with Crippen LogP contribution in [0.25, 0.3) is 0 Å². The zero-order chi connectivity index (χ0) is 18.7. The lowest BCUT2D eigenvalue weighted by atomic mass is 10.1. The molecule has 1 heterocycles. The van der Waals surface area contributed by atoms with Gasteiger partial charge in [-0.3, -0.25) is 14.9 Å². The largest absolute Gasteiger partial charge is 0.338 e. The summed E-state index contributed by atoms with van der Waals surface area (Å²) in [6.45, 7) is 1.10. The summed E-state index contributed by atoms with van der Waals surface area (Å²) in [5, 5.41) is 12.1. The van der Waals surface area contributed by atoms with Crippen molar-refractivity contribution >= 4 is 46.6 Å². The van der Waals surface area contributed by atoms with Crippen molar-refractivity contribution in [2.75, 3.05) is 18.8 Å². The van der Waals surface area contributed by atoms with E-state index in [1.165, 1.54) is 18.2 Å². The van der Waals surface area contributed by atoms with Crippen LogP contribution in [-0.4, -0.2) is 34.6 Å². The Morgan fingerprint density at radius 1 is 1.15 bits per heavy atom. The number of amides is 1. The summed E-state index contributed by atoms with van der Waals surface area (Å²) in [5.74, 6) is 0.480. The molecule has 2 aromatic carbocycles. The Hall–Kier alpha value is -1.76. The van der Waals surface area contributed by atoms with Crippen LogP contribution in [0.4, 0.5) is 5.69 Å². The van der Waals surface area contributed by atoms with Gasteiger partial charge in [0.05, 0.1) is 15.5 Å². The van der Waals surface area contributed by atoms with Crippen LogP contribution in [0.1, 0.15) is 27.6 Å². The molecule has 0 radical (unpaired) electrons. The third kappa shape index (κ3) is 4.14. The van der Waals surface area contributed by atoms with Crippen molar-refractivity contribution in [2.45, 2.75) is 11.7 Å². The normalized spacial score (nSPS) is 17.6. The molecule has 0 saturated carbocycles. The van der Waals surface area contributed by atoms with Gasteiger partial charge in [0.15, 0.2) is 0 Å². The predicted octanol–water partition coefficient (Wildman–Crippen LogP) is 5.22. The summed E-state index contributed by atoms with van der Waals surface area (Å²) >= 11 is 14.2. The minimum absolute atomic E-state index is 0.143. The number of nitro benzene ring substituents is 1. The Morgan fingerprint density at radius 3 is 2.65 bits per heavy atom. The number of hydrogen-bond acceptors (Lipinski definition) is 4. The van der Waals surface area contributed by atoms with Gasteiger partial charge in [-0.1, -0.05) is 41.4 Å². The highest BCUT2D eigenvalue weighted by molar-refractivity contribution is 7.99. The van der Waals surface area contributed by atoms with E-state index >= 15 is 0 Å². The van der Waals surface area contributed by atoms with E-state index < -0.39 is 4.92 Å². The number of carbonyl (C=O) groups is 1. The summed E-state index contributed by atoms with van der Waals surface area (Å²) in [5.41, 5.74) is 1.10. The summed E-state index contributed by atoms with van der Waals surface area (Å²) in [7, 11) is 0. The van der Waals surface area contributed by atoms with Crippen LogP contribution in [0.2, 0.25) is 10.0 Å². The highest BCUT2D eigenvalue weighted by atomic mass is 35.5. The maximum atomic E-state index is 12.8. The van der Waals surface area contributed by atoms with Gasteiger partial charge in [0, 0.05) is 41.2 Å². The van der Waals surface area contributed by atoms with Crippen molar-refractivity contribution in [1.29, 1.82) is 0 Å². The molecule has 0 aliphatic carbocycles. The Labute approximate surface area is 165 Å². The number of benzene rings is 2. The van der Waals surface area contributed by atoms with Gasteiger partial charge in [0.25, 0.3) is 11.6 Å². The number of carbonyl (C=O) groups excluding carboxylic acids is 1. The van der Waals surface area contributed by atoms with Gasteiger partial charge < -0.3 is 4.90 Å².